The van der Waals surface area contributed by atoms with Gasteiger partial charge in [0.2, 0.25) is 0 Å². The molecule has 0 saturated carbocycles. The van der Waals surface area contributed by atoms with Crippen LogP contribution < -0.4 is 4.90 Å². The van der Waals surface area contributed by atoms with Gasteiger partial charge in [-0.15, -0.1) is 0 Å². The Kier molecular flexibility index (Phi) is 2.40. The van der Waals surface area contributed by atoms with Crippen LogP contribution in [-0.2, 0) is 9.59 Å². The molecule has 16 heavy (non-hydrogen) atoms. The van der Waals surface area contributed by atoms with Gasteiger partial charge in [-0.1, -0.05) is 0 Å². The maximum absolute atomic E-state index is 11.6. The van der Waals surface area contributed by atoms with E-state index < -0.39 is 0 Å². The predicted octanol–water partition coefficient (Wildman–Crippen LogP) is 1.32. The molecular formula is C12H9NO3. The highest BCUT2D eigenvalue weighted by atomic mass is 16.2. The highest BCUT2D eigenvalue weighted by Crippen LogP contribution is 2.22. The monoisotopic (exact) mass is 215 g/mol. The molecule has 0 saturated heterocycles. The van der Waals surface area contributed by atoms with Gasteiger partial charge in [0.15, 0.2) is 0 Å². The zero-order valence-electron chi connectivity index (χ0n) is 8.64. The van der Waals surface area contributed by atoms with Gasteiger partial charge in [0, 0.05) is 17.2 Å². The van der Waals surface area contributed by atoms with Crippen molar-refractivity contribution in [3.63, 3.8) is 0 Å². The molecule has 1 aliphatic rings. The second-order valence-electron chi connectivity index (χ2n) is 3.52. The summed E-state index contributed by atoms with van der Waals surface area (Å²) in [5.41, 5.74) is 1.41. The van der Waals surface area contributed by atoms with Crippen LogP contribution in [0, 0.1) is 0 Å². The van der Waals surface area contributed by atoms with Crippen LogP contribution in [0.15, 0.2) is 35.9 Å². The van der Waals surface area contributed by atoms with Gasteiger partial charge >= 0.3 is 0 Å². The third kappa shape index (κ3) is 1.54. The minimum absolute atomic E-state index is 0.316. The summed E-state index contributed by atoms with van der Waals surface area (Å²) in [7, 11) is 0. The number of rotatable bonds is 2. The van der Waals surface area contributed by atoms with Crippen LogP contribution in [-0.4, -0.2) is 18.1 Å². The third-order valence-electron chi connectivity index (χ3n) is 2.39. The van der Waals surface area contributed by atoms with Crippen molar-refractivity contribution in [2.45, 2.75) is 6.92 Å². The van der Waals surface area contributed by atoms with Gasteiger partial charge in [0.1, 0.15) is 6.29 Å². The van der Waals surface area contributed by atoms with E-state index in [1.165, 1.54) is 6.08 Å². The summed E-state index contributed by atoms with van der Waals surface area (Å²) >= 11 is 0. The summed E-state index contributed by atoms with van der Waals surface area (Å²) in [6.07, 6.45) is 2.01. The van der Waals surface area contributed by atoms with Crippen molar-refractivity contribution < 1.29 is 14.4 Å². The number of anilines is 1. The molecule has 80 valence electrons. The van der Waals surface area contributed by atoms with Gasteiger partial charge in [-0.05, 0) is 31.2 Å². The molecular weight excluding hydrogens is 206 g/mol. The molecule has 0 radical (unpaired) electrons. The van der Waals surface area contributed by atoms with E-state index in [4.69, 9.17) is 0 Å². The van der Waals surface area contributed by atoms with Gasteiger partial charge in [-0.2, -0.15) is 0 Å². The fourth-order valence-electron chi connectivity index (χ4n) is 1.53. The predicted molar refractivity (Wildman–Crippen MR) is 58.1 cm³/mol. The number of benzene rings is 1. The van der Waals surface area contributed by atoms with Gasteiger partial charge in [0.05, 0.1) is 5.69 Å². The summed E-state index contributed by atoms with van der Waals surface area (Å²) in [5, 5.41) is 0. The van der Waals surface area contributed by atoms with Crippen LogP contribution in [0.1, 0.15) is 17.3 Å². The molecule has 0 fully saturated rings. The summed E-state index contributed by atoms with van der Waals surface area (Å²) in [6, 6.07) is 6.28. The summed E-state index contributed by atoms with van der Waals surface area (Å²) < 4.78 is 0. The standard InChI is InChI=1S/C12H9NO3/c1-8-6-11(15)13(12(8)16)10-4-2-9(7-14)3-5-10/h2-7H,1H3. The van der Waals surface area contributed by atoms with Crippen molar-refractivity contribution in [2.24, 2.45) is 0 Å². The van der Waals surface area contributed by atoms with Crippen molar-refractivity contribution in [3.05, 3.63) is 41.5 Å². The van der Waals surface area contributed by atoms with E-state index in [2.05, 4.69) is 0 Å². The number of nitrogens with zero attached hydrogens (tertiary/aromatic N) is 1. The highest BCUT2D eigenvalue weighted by Gasteiger charge is 2.29. The molecule has 0 unspecified atom stereocenters. The van der Waals surface area contributed by atoms with Crippen LogP contribution in [0.3, 0.4) is 0 Å². The summed E-state index contributed by atoms with van der Waals surface area (Å²) in [5.74, 6) is -0.662. The fraction of sp³-hybridized carbons (Fsp3) is 0.0833. The lowest BCUT2D eigenvalue weighted by atomic mass is 10.2. The first-order chi connectivity index (χ1) is 7.63. The Bertz CT molecular complexity index is 500. The average Bonchev–Trinajstić information content (AvgIpc) is 2.54. The number of carbonyl (C=O) groups is 3. The number of amides is 2. The van der Waals surface area contributed by atoms with Gasteiger partial charge < -0.3 is 0 Å². The largest absolute Gasteiger partial charge is 0.298 e. The third-order valence-corrected chi connectivity index (χ3v) is 2.39. The molecule has 1 aliphatic heterocycles. The molecule has 2 rings (SSSR count). The fourth-order valence-corrected chi connectivity index (χ4v) is 1.53. The number of imide groups is 1. The lowest BCUT2D eigenvalue weighted by Crippen LogP contribution is -2.30. The second-order valence-corrected chi connectivity index (χ2v) is 3.52. The lowest BCUT2D eigenvalue weighted by Gasteiger charge is -2.14. The number of aldehydes is 1. The number of hydrogen-bond donors (Lipinski definition) is 0. The quantitative estimate of drug-likeness (QED) is 0.552. The van der Waals surface area contributed by atoms with Gasteiger partial charge in [-0.3, -0.25) is 14.4 Å². The normalized spacial score (nSPS) is 15.3. The SMILES string of the molecule is CC1=CC(=O)N(c2ccc(C=O)cc2)C1=O. The first-order valence-electron chi connectivity index (χ1n) is 4.75. The van der Waals surface area contributed by atoms with Crippen molar-refractivity contribution in [3.8, 4) is 0 Å². The van der Waals surface area contributed by atoms with Crippen LogP contribution >= 0.6 is 0 Å². The van der Waals surface area contributed by atoms with E-state index in [0.717, 1.165) is 4.90 Å². The summed E-state index contributed by atoms with van der Waals surface area (Å²) in [6.45, 7) is 1.60. The molecule has 0 bridgehead atoms. The topological polar surface area (TPSA) is 54.5 Å². The molecule has 1 aromatic rings. The van der Waals surface area contributed by atoms with Crippen LogP contribution in [0.25, 0.3) is 0 Å². The lowest BCUT2D eigenvalue weighted by molar-refractivity contribution is -0.120. The minimum atomic E-state index is -0.346. The summed E-state index contributed by atoms with van der Waals surface area (Å²) in [4.78, 5) is 34.7. The molecule has 1 aromatic carbocycles. The van der Waals surface area contributed by atoms with Crippen LogP contribution in [0.4, 0.5) is 5.69 Å². The number of carbonyl (C=O) groups excluding carboxylic acids is 3. The van der Waals surface area contributed by atoms with Crippen molar-refractivity contribution in [1.82, 2.24) is 0 Å². The van der Waals surface area contributed by atoms with Gasteiger partial charge in [0.25, 0.3) is 11.8 Å². The number of hydrogen-bond acceptors (Lipinski definition) is 3. The Hall–Kier alpha value is -2.23. The molecule has 4 heteroatoms. The Morgan fingerprint density at radius 3 is 2.19 bits per heavy atom. The highest BCUT2D eigenvalue weighted by molar-refractivity contribution is 6.30. The van der Waals surface area contributed by atoms with Crippen molar-refractivity contribution in [1.29, 1.82) is 0 Å². The molecule has 0 spiro atoms. The van der Waals surface area contributed by atoms with E-state index in [0.29, 0.717) is 23.1 Å². The van der Waals surface area contributed by atoms with E-state index in [9.17, 15) is 14.4 Å². The zero-order valence-corrected chi connectivity index (χ0v) is 8.64. The average molecular weight is 215 g/mol. The van der Waals surface area contributed by atoms with E-state index >= 15 is 0 Å². The van der Waals surface area contributed by atoms with Gasteiger partial charge in [-0.25, -0.2) is 4.90 Å². The van der Waals surface area contributed by atoms with Crippen LogP contribution in [0.2, 0.25) is 0 Å². The van der Waals surface area contributed by atoms with Crippen LogP contribution in [0.5, 0.6) is 0 Å². The zero-order chi connectivity index (χ0) is 11.7. The van der Waals surface area contributed by atoms with Crippen molar-refractivity contribution >= 4 is 23.8 Å². The Balaban J connectivity index is 2.35. The Labute approximate surface area is 92.2 Å². The molecule has 0 atom stereocenters. The first kappa shape index (κ1) is 10.3. The maximum Gasteiger partial charge on any atom is 0.261 e. The maximum atomic E-state index is 11.6. The molecule has 0 aliphatic carbocycles. The first-order valence-corrected chi connectivity index (χ1v) is 4.75. The molecule has 2 amide bonds. The Morgan fingerprint density at radius 1 is 1.12 bits per heavy atom. The molecule has 0 N–H and O–H groups in total. The second kappa shape index (κ2) is 3.73. The molecule has 1 heterocycles. The smallest absolute Gasteiger partial charge is 0.261 e. The Morgan fingerprint density at radius 2 is 1.75 bits per heavy atom. The van der Waals surface area contributed by atoms with E-state index in [-0.39, 0.29) is 11.8 Å². The van der Waals surface area contributed by atoms with E-state index in [1.807, 2.05) is 0 Å². The minimum Gasteiger partial charge on any atom is -0.298 e. The molecule has 0 aromatic heterocycles. The molecule has 4 nitrogen and oxygen atoms in total. The van der Waals surface area contributed by atoms with E-state index in [1.54, 1.807) is 31.2 Å². The van der Waals surface area contributed by atoms with Crippen molar-refractivity contribution in [2.75, 3.05) is 4.90 Å².